The summed E-state index contributed by atoms with van der Waals surface area (Å²) in [5.74, 6) is 0. The van der Waals surface area contributed by atoms with E-state index < -0.39 is 9.84 Å². The van der Waals surface area contributed by atoms with Crippen molar-refractivity contribution in [3.05, 3.63) is 63.4 Å². The van der Waals surface area contributed by atoms with Crippen molar-refractivity contribution in [1.29, 1.82) is 0 Å². The number of anilines is 1. The predicted molar refractivity (Wildman–Crippen MR) is 124 cm³/mol. The molecule has 0 aliphatic carbocycles. The molecule has 2 heterocycles. The van der Waals surface area contributed by atoms with Crippen molar-refractivity contribution < 1.29 is 8.42 Å². The molecule has 0 bridgehead atoms. The molecule has 1 aliphatic heterocycles. The quantitative estimate of drug-likeness (QED) is 0.475. The average molecular weight is 491 g/mol. The van der Waals surface area contributed by atoms with Crippen LogP contribution in [0.2, 0.25) is 0 Å². The Morgan fingerprint density at radius 3 is 2.52 bits per heavy atom. The number of thiazole rings is 1. The molecule has 4 rings (SSSR count). The molecule has 7 heteroatoms. The van der Waals surface area contributed by atoms with Crippen LogP contribution in [0.5, 0.6) is 0 Å². The van der Waals surface area contributed by atoms with Gasteiger partial charge < -0.3 is 4.90 Å². The van der Waals surface area contributed by atoms with Crippen LogP contribution in [0.3, 0.4) is 0 Å². The van der Waals surface area contributed by atoms with E-state index in [1.54, 1.807) is 29.5 Å². The zero-order valence-electron chi connectivity index (χ0n) is 16.4. The highest BCUT2D eigenvalue weighted by Crippen LogP contribution is 2.34. The monoisotopic (exact) mass is 490 g/mol. The number of hydrogen-bond donors (Lipinski definition) is 0. The smallest absolute Gasteiger partial charge is 0.185 e. The summed E-state index contributed by atoms with van der Waals surface area (Å²) in [7, 11) is -3.34. The van der Waals surface area contributed by atoms with Crippen LogP contribution in [0.25, 0.3) is 11.3 Å². The first-order chi connectivity index (χ1) is 13.9. The fourth-order valence-corrected chi connectivity index (χ4v) is 7.41. The number of aryl methyl sites for hydroxylation is 1. The van der Waals surface area contributed by atoms with Gasteiger partial charge in [-0.2, -0.15) is 0 Å². The number of nitrogens with zero attached hydrogens (tertiary/aromatic N) is 2. The SMILES string of the molecule is Cc1cccc(-c2csc(N3CCC(S(=O)(=O)c4ccccc4Br)CC3)n2)c1C. The maximum Gasteiger partial charge on any atom is 0.185 e. The number of rotatable bonds is 4. The minimum atomic E-state index is -3.34. The highest BCUT2D eigenvalue weighted by atomic mass is 79.9. The molecular formula is C22H23BrN2O2S2. The standard InChI is InChI=1S/C22H23BrN2O2S2/c1-15-6-5-7-18(16(15)2)20-14-28-22(24-20)25-12-10-17(11-13-25)29(26,27)21-9-4-3-8-19(21)23/h3-9,14,17H,10-13H2,1-2H3. The summed E-state index contributed by atoms with van der Waals surface area (Å²) in [4.78, 5) is 7.46. The summed E-state index contributed by atoms with van der Waals surface area (Å²) < 4.78 is 26.7. The van der Waals surface area contributed by atoms with Gasteiger partial charge in [-0.1, -0.05) is 30.3 Å². The van der Waals surface area contributed by atoms with Crippen molar-refractivity contribution >= 4 is 42.2 Å². The van der Waals surface area contributed by atoms with Gasteiger partial charge >= 0.3 is 0 Å². The van der Waals surface area contributed by atoms with Crippen LogP contribution in [-0.2, 0) is 9.84 Å². The van der Waals surface area contributed by atoms with Gasteiger partial charge in [0.05, 0.1) is 15.8 Å². The van der Waals surface area contributed by atoms with Crippen molar-refractivity contribution in [2.75, 3.05) is 18.0 Å². The van der Waals surface area contributed by atoms with E-state index >= 15 is 0 Å². The summed E-state index contributed by atoms with van der Waals surface area (Å²) in [6, 6.07) is 13.4. The zero-order chi connectivity index (χ0) is 20.6. The van der Waals surface area contributed by atoms with Crippen molar-refractivity contribution in [3.63, 3.8) is 0 Å². The van der Waals surface area contributed by atoms with Gasteiger partial charge in [-0.25, -0.2) is 13.4 Å². The zero-order valence-corrected chi connectivity index (χ0v) is 19.6. The average Bonchev–Trinajstić information content (AvgIpc) is 3.20. The molecule has 4 nitrogen and oxygen atoms in total. The van der Waals surface area contributed by atoms with Gasteiger partial charge in [0, 0.05) is 28.5 Å². The van der Waals surface area contributed by atoms with Crippen molar-refractivity contribution in [3.8, 4) is 11.3 Å². The first kappa shape index (κ1) is 20.6. The topological polar surface area (TPSA) is 50.3 Å². The van der Waals surface area contributed by atoms with Crippen molar-refractivity contribution in [2.24, 2.45) is 0 Å². The van der Waals surface area contributed by atoms with Crippen LogP contribution in [0.4, 0.5) is 5.13 Å². The van der Waals surface area contributed by atoms with E-state index in [-0.39, 0.29) is 5.25 Å². The second-order valence-corrected chi connectivity index (χ2v) is 11.3. The van der Waals surface area contributed by atoms with Gasteiger partial charge in [0.15, 0.2) is 15.0 Å². The molecule has 0 amide bonds. The van der Waals surface area contributed by atoms with Gasteiger partial charge in [0.2, 0.25) is 0 Å². The predicted octanol–water partition coefficient (Wildman–Crippen LogP) is 5.63. The first-order valence-electron chi connectivity index (χ1n) is 9.63. The van der Waals surface area contributed by atoms with Crippen LogP contribution < -0.4 is 4.90 Å². The minimum Gasteiger partial charge on any atom is -0.348 e. The summed E-state index contributed by atoms with van der Waals surface area (Å²) in [5.41, 5.74) is 4.67. The lowest BCUT2D eigenvalue weighted by Gasteiger charge is -2.31. The number of piperidine rings is 1. The number of halogens is 1. The molecule has 0 radical (unpaired) electrons. The molecule has 1 saturated heterocycles. The second-order valence-electron chi connectivity index (χ2n) is 7.42. The van der Waals surface area contributed by atoms with Gasteiger partial charge in [0.25, 0.3) is 0 Å². The van der Waals surface area contributed by atoms with Gasteiger partial charge in [-0.05, 0) is 65.9 Å². The fourth-order valence-electron chi connectivity index (χ4n) is 3.77. The Hall–Kier alpha value is -1.70. The van der Waals surface area contributed by atoms with Crippen LogP contribution in [0.15, 0.2) is 57.2 Å². The molecule has 0 spiro atoms. The summed E-state index contributed by atoms with van der Waals surface area (Å²) in [6.07, 6.45) is 1.23. The molecule has 0 saturated carbocycles. The number of benzene rings is 2. The summed E-state index contributed by atoms with van der Waals surface area (Å²) >= 11 is 5.02. The molecule has 2 aromatic carbocycles. The molecule has 29 heavy (non-hydrogen) atoms. The molecule has 1 aromatic heterocycles. The largest absolute Gasteiger partial charge is 0.348 e. The highest BCUT2D eigenvalue weighted by Gasteiger charge is 2.33. The second kappa shape index (κ2) is 8.20. The maximum absolute atomic E-state index is 13.0. The van der Waals surface area contributed by atoms with E-state index in [0.29, 0.717) is 35.3 Å². The Morgan fingerprint density at radius 1 is 1.07 bits per heavy atom. The molecule has 0 N–H and O–H groups in total. The molecule has 0 atom stereocenters. The normalized spacial score (nSPS) is 15.6. The van der Waals surface area contributed by atoms with Gasteiger partial charge in [-0.15, -0.1) is 11.3 Å². The van der Waals surface area contributed by atoms with Gasteiger partial charge in [0.1, 0.15) is 0 Å². The molecule has 1 aliphatic rings. The Kier molecular flexibility index (Phi) is 5.82. The third kappa shape index (κ3) is 4.00. The lowest BCUT2D eigenvalue weighted by atomic mass is 10.0. The Labute approximate surface area is 184 Å². The molecule has 152 valence electrons. The van der Waals surface area contributed by atoms with E-state index in [1.165, 1.54) is 16.7 Å². The van der Waals surface area contributed by atoms with Crippen LogP contribution >= 0.6 is 27.3 Å². The number of sulfone groups is 1. The van der Waals surface area contributed by atoms with E-state index in [1.807, 2.05) is 6.07 Å². The van der Waals surface area contributed by atoms with Crippen LogP contribution in [-0.4, -0.2) is 31.7 Å². The van der Waals surface area contributed by atoms with E-state index in [4.69, 9.17) is 4.98 Å². The minimum absolute atomic E-state index is 0.351. The maximum atomic E-state index is 13.0. The third-order valence-corrected chi connectivity index (χ3v) is 9.84. The van der Waals surface area contributed by atoms with Crippen LogP contribution in [0.1, 0.15) is 24.0 Å². The van der Waals surface area contributed by atoms with E-state index in [0.717, 1.165) is 10.8 Å². The Balaban J connectivity index is 1.49. The molecule has 0 unspecified atom stereocenters. The molecule has 1 fully saturated rings. The van der Waals surface area contributed by atoms with Crippen molar-refractivity contribution in [2.45, 2.75) is 36.8 Å². The van der Waals surface area contributed by atoms with E-state index in [2.05, 4.69) is 58.3 Å². The number of hydrogen-bond acceptors (Lipinski definition) is 5. The summed E-state index contributed by atoms with van der Waals surface area (Å²) in [5, 5.41) is 2.72. The van der Waals surface area contributed by atoms with Crippen LogP contribution in [0, 0.1) is 13.8 Å². The lowest BCUT2D eigenvalue weighted by Crippen LogP contribution is -2.39. The van der Waals surface area contributed by atoms with E-state index in [9.17, 15) is 8.42 Å². The fraction of sp³-hybridized carbons (Fsp3) is 0.318. The van der Waals surface area contributed by atoms with Gasteiger partial charge in [-0.3, -0.25) is 0 Å². The number of aromatic nitrogens is 1. The molecular weight excluding hydrogens is 468 g/mol. The summed E-state index contributed by atoms with van der Waals surface area (Å²) in [6.45, 7) is 5.65. The Bertz CT molecular complexity index is 1130. The first-order valence-corrected chi connectivity index (χ1v) is 12.9. The molecule has 3 aromatic rings. The highest BCUT2D eigenvalue weighted by molar-refractivity contribution is 9.10. The Morgan fingerprint density at radius 2 is 1.79 bits per heavy atom. The van der Waals surface area contributed by atoms with Crippen molar-refractivity contribution in [1.82, 2.24) is 4.98 Å². The third-order valence-electron chi connectivity index (χ3n) is 5.67. The lowest BCUT2D eigenvalue weighted by molar-refractivity contribution is 0.529.